The van der Waals surface area contributed by atoms with Crippen LogP contribution < -0.4 is 0 Å². The monoisotopic (exact) mass is 280 g/mol. The molecular formula is CoCuFeRu. The Balaban J connectivity index is 0. The fourth-order valence-corrected chi connectivity index (χ4v) is 0. The molecule has 0 heterocycles. The SMILES string of the molecule is [Co].[Cu].[Fe].[Ru]. The Hall–Kier alpha value is 2.17. The summed E-state index contributed by atoms with van der Waals surface area (Å²) < 4.78 is 0. The van der Waals surface area contributed by atoms with Gasteiger partial charge in [0.05, 0.1) is 0 Å². The second kappa shape index (κ2) is 19.1. The van der Waals surface area contributed by atoms with E-state index in [1.165, 1.54) is 0 Å². The van der Waals surface area contributed by atoms with Gasteiger partial charge in [-0.1, -0.05) is 0 Å². The zero-order chi connectivity index (χ0) is 0. The molecule has 0 aliphatic heterocycles. The second-order valence-corrected chi connectivity index (χ2v) is 0. The van der Waals surface area contributed by atoms with Crippen molar-refractivity contribution in [3.63, 3.8) is 0 Å². The molecule has 0 rings (SSSR count). The van der Waals surface area contributed by atoms with Crippen LogP contribution in [0.3, 0.4) is 0 Å². The van der Waals surface area contributed by atoms with E-state index >= 15 is 0 Å². The Morgan fingerprint density at radius 1 is 1.00 bits per heavy atom. The van der Waals surface area contributed by atoms with Crippen molar-refractivity contribution in [2.24, 2.45) is 0 Å². The van der Waals surface area contributed by atoms with Gasteiger partial charge in [0.2, 0.25) is 0 Å². The summed E-state index contributed by atoms with van der Waals surface area (Å²) in [6.45, 7) is 0. The molecule has 0 aliphatic carbocycles. The average molecular weight is 279 g/mol. The van der Waals surface area contributed by atoms with Gasteiger partial charge in [0.1, 0.15) is 0 Å². The van der Waals surface area contributed by atoms with Crippen molar-refractivity contribution in [2.45, 2.75) is 0 Å². The van der Waals surface area contributed by atoms with Crippen molar-refractivity contribution >= 4 is 0 Å². The van der Waals surface area contributed by atoms with Crippen LogP contribution in [-0.2, 0) is 70.4 Å². The van der Waals surface area contributed by atoms with Crippen molar-refractivity contribution in [1.29, 1.82) is 0 Å². The molecule has 0 nitrogen and oxygen atoms in total. The van der Waals surface area contributed by atoms with Crippen LogP contribution in [-0.4, -0.2) is 0 Å². The van der Waals surface area contributed by atoms with E-state index < -0.39 is 0 Å². The topological polar surface area (TPSA) is 0 Å². The van der Waals surface area contributed by atoms with Gasteiger partial charge in [0, 0.05) is 70.4 Å². The van der Waals surface area contributed by atoms with E-state index in [1.54, 1.807) is 0 Å². The first-order valence-electron chi connectivity index (χ1n) is 0. The van der Waals surface area contributed by atoms with Gasteiger partial charge in [-0.2, -0.15) is 0 Å². The quantitative estimate of drug-likeness (QED) is 0.547. The number of rotatable bonds is 0. The van der Waals surface area contributed by atoms with E-state index in [9.17, 15) is 0 Å². The molecule has 0 amide bonds. The predicted octanol–water partition coefficient (Wildman–Crippen LogP) is -0.0100. The van der Waals surface area contributed by atoms with E-state index in [0.29, 0.717) is 0 Å². The van der Waals surface area contributed by atoms with Crippen LogP contribution in [0.25, 0.3) is 0 Å². The molecule has 0 N–H and O–H groups in total. The molecule has 4 heavy (non-hydrogen) atoms. The molecule has 0 spiro atoms. The second-order valence-electron chi connectivity index (χ2n) is 0. The van der Waals surface area contributed by atoms with Crippen LogP contribution in [0.5, 0.6) is 0 Å². The Labute approximate surface area is 69.8 Å². The van der Waals surface area contributed by atoms with Gasteiger partial charge < -0.3 is 0 Å². The zero-order valence-corrected chi connectivity index (χ0v) is 6.17. The van der Waals surface area contributed by atoms with Gasteiger partial charge in [0.15, 0.2) is 0 Å². The first-order chi connectivity index (χ1) is 0. The van der Waals surface area contributed by atoms with Crippen LogP contribution in [0.15, 0.2) is 0 Å². The molecule has 0 atom stereocenters. The molecule has 36 valence electrons. The van der Waals surface area contributed by atoms with Crippen LogP contribution in [0.4, 0.5) is 0 Å². The fraction of sp³-hybridized carbons (Fsp3) is 0. The van der Waals surface area contributed by atoms with Crippen molar-refractivity contribution in [1.82, 2.24) is 0 Å². The molecular weight excluding hydrogens is 279 g/mol. The zero-order valence-electron chi connectivity index (χ0n) is 1.34. The van der Waals surface area contributed by atoms with Crippen LogP contribution >= 0.6 is 0 Å². The van der Waals surface area contributed by atoms with Gasteiger partial charge >= 0.3 is 0 Å². The minimum atomic E-state index is 0. The standard InChI is InChI=1S/Co.Cu.Fe.Ru. The Morgan fingerprint density at radius 3 is 1.00 bits per heavy atom. The normalized spacial score (nSPS) is 0. The third kappa shape index (κ3) is 8.90. The maximum atomic E-state index is 0. The molecule has 0 saturated heterocycles. The third-order valence-electron chi connectivity index (χ3n) is 0. The summed E-state index contributed by atoms with van der Waals surface area (Å²) in [5.41, 5.74) is 0. The smallest absolute Gasteiger partial charge is 0 e. The van der Waals surface area contributed by atoms with E-state index in [4.69, 9.17) is 0 Å². The largest absolute Gasteiger partial charge is 0 e. The maximum absolute atomic E-state index is 0. The molecule has 0 aromatic rings. The van der Waals surface area contributed by atoms with Crippen molar-refractivity contribution in [3.8, 4) is 0 Å². The van der Waals surface area contributed by atoms with Crippen molar-refractivity contribution in [2.75, 3.05) is 0 Å². The number of hydrogen-bond acceptors (Lipinski definition) is 0. The van der Waals surface area contributed by atoms with E-state index in [2.05, 4.69) is 0 Å². The molecule has 2 radical (unpaired) electrons. The number of hydrogen-bond donors (Lipinski definition) is 0. The molecule has 0 aromatic heterocycles. The molecule has 0 fully saturated rings. The van der Waals surface area contributed by atoms with E-state index in [-0.39, 0.29) is 70.4 Å². The summed E-state index contributed by atoms with van der Waals surface area (Å²) in [7, 11) is 0. The van der Waals surface area contributed by atoms with Gasteiger partial charge in [0.25, 0.3) is 0 Å². The molecule has 0 aliphatic rings. The Kier molecular flexibility index (Phi) is 167. The van der Waals surface area contributed by atoms with Gasteiger partial charge in [-0.3, -0.25) is 0 Å². The van der Waals surface area contributed by atoms with E-state index in [0.717, 1.165) is 0 Å². The summed E-state index contributed by atoms with van der Waals surface area (Å²) in [4.78, 5) is 0. The fourth-order valence-electron chi connectivity index (χ4n) is 0. The van der Waals surface area contributed by atoms with Crippen LogP contribution in [0.2, 0.25) is 0 Å². The first kappa shape index (κ1) is 35.0. The molecule has 4 heteroatoms. The minimum absolute atomic E-state index is 0. The van der Waals surface area contributed by atoms with Gasteiger partial charge in [-0.15, -0.1) is 0 Å². The molecule has 0 unspecified atom stereocenters. The minimum Gasteiger partial charge on any atom is 0 e. The summed E-state index contributed by atoms with van der Waals surface area (Å²) in [5, 5.41) is 0. The average Bonchev–Trinajstić information content (AvgIpc) is 0. The summed E-state index contributed by atoms with van der Waals surface area (Å²) >= 11 is 0. The first-order valence-corrected chi connectivity index (χ1v) is 0. The van der Waals surface area contributed by atoms with Crippen molar-refractivity contribution in [3.05, 3.63) is 0 Å². The van der Waals surface area contributed by atoms with Crippen LogP contribution in [0.1, 0.15) is 0 Å². The molecule has 0 saturated carbocycles. The van der Waals surface area contributed by atoms with Gasteiger partial charge in [-0.05, 0) is 0 Å². The maximum Gasteiger partial charge on any atom is 0 e. The van der Waals surface area contributed by atoms with Crippen LogP contribution in [0, 0.1) is 0 Å². The summed E-state index contributed by atoms with van der Waals surface area (Å²) in [6, 6.07) is 0. The molecule has 0 bridgehead atoms. The van der Waals surface area contributed by atoms with Crippen molar-refractivity contribution < 1.29 is 70.4 Å². The predicted molar refractivity (Wildman–Crippen MR) is 0 cm³/mol. The summed E-state index contributed by atoms with van der Waals surface area (Å²) in [5.74, 6) is 0. The summed E-state index contributed by atoms with van der Waals surface area (Å²) in [6.07, 6.45) is 0. The third-order valence-corrected chi connectivity index (χ3v) is 0. The Morgan fingerprint density at radius 2 is 1.00 bits per heavy atom. The molecule has 0 aromatic carbocycles. The van der Waals surface area contributed by atoms with E-state index in [1.807, 2.05) is 0 Å². The Bertz CT molecular complexity index is 8.00. The van der Waals surface area contributed by atoms with Gasteiger partial charge in [-0.25, -0.2) is 0 Å².